The molecular formula is C23H24N4O2. The molecule has 0 amide bonds. The van der Waals surface area contributed by atoms with Gasteiger partial charge < -0.3 is 14.8 Å². The van der Waals surface area contributed by atoms with Crippen LogP contribution in [0.2, 0.25) is 0 Å². The summed E-state index contributed by atoms with van der Waals surface area (Å²) >= 11 is 0. The predicted octanol–water partition coefficient (Wildman–Crippen LogP) is 4.12. The second-order valence-corrected chi connectivity index (χ2v) is 7.74. The maximum atomic E-state index is 5.43. The first-order chi connectivity index (χ1) is 14.1. The van der Waals surface area contributed by atoms with Gasteiger partial charge in [-0.1, -0.05) is 18.2 Å². The Hall–Kier alpha value is -3.12. The number of aromatic nitrogens is 2. The van der Waals surface area contributed by atoms with Crippen LogP contribution in [0.5, 0.6) is 11.5 Å². The number of anilines is 2. The van der Waals surface area contributed by atoms with E-state index >= 15 is 0 Å². The molecule has 2 aliphatic rings. The van der Waals surface area contributed by atoms with E-state index in [1.165, 1.54) is 22.3 Å². The van der Waals surface area contributed by atoms with E-state index in [1.54, 1.807) is 0 Å². The lowest BCUT2D eigenvalue weighted by Gasteiger charge is -2.28. The van der Waals surface area contributed by atoms with Crippen LogP contribution in [-0.2, 0) is 19.5 Å². The van der Waals surface area contributed by atoms with E-state index < -0.39 is 0 Å². The Kier molecular flexibility index (Phi) is 4.56. The standard InChI is InChI=1S/C23H24N4O2/c1-15-3-4-17(9-16(15)2)12-27-8-7-20-18(13-27)11-24-23(26-20)25-19-5-6-21-22(10-19)29-14-28-21/h3-6,9-11H,7-8,12-14H2,1-2H3,(H,24,25,26). The number of benzene rings is 2. The molecule has 0 aliphatic carbocycles. The van der Waals surface area contributed by atoms with E-state index in [9.17, 15) is 0 Å². The first-order valence-electron chi connectivity index (χ1n) is 9.94. The molecule has 3 heterocycles. The molecule has 0 bridgehead atoms. The Morgan fingerprint density at radius 2 is 1.93 bits per heavy atom. The Morgan fingerprint density at radius 1 is 1.03 bits per heavy atom. The molecule has 5 rings (SSSR count). The van der Waals surface area contributed by atoms with Gasteiger partial charge in [0.15, 0.2) is 11.5 Å². The first kappa shape index (κ1) is 17.9. The van der Waals surface area contributed by atoms with Crippen molar-refractivity contribution in [1.82, 2.24) is 14.9 Å². The van der Waals surface area contributed by atoms with Crippen molar-refractivity contribution in [3.63, 3.8) is 0 Å². The van der Waals surface area contributed by atoms with Gasteiger partial charge in [-0.2, -0.15) is 0 Å². The van der Waals surface area contributed by atoms with Gasteiger partial charge >= 0.3 is 0 Å². The minimum atomic E-state index is 0.271. The van der Waals surface area contributed by atoms with Crippen molar-refractivity contribution in [2.24, 2.45) is 0 Å². The zero-order valence-electron chi connectivity index (χ0n) is 16.7. The van der Waals surface area contributed by atoms with Crippen molar-refractivity contribution in [3.05, 3.63) is 70.5 Å². The number of nitrogens with one attached hydrogen (secondary N) is 1. The quantitative estimate of drug-likeness (QED) is 0.725. The summed E-state index contributed by atoms with van der Waals surface area (Å²) in [6.07, 6.45) is 2.88. The number of ether oxygens (including phenoxy) is 2. The van der Waals surface area contributed by atoms with Crippen molar-refractivity contribution in [1.29, 1.82) is 0 Å². The molecule has 0 atom stereocenters. The van der Waals surface area contributed by atoms with Gasteiger partial charge in [-0.3, -0.25) is 4.90 Å². The second-order valence-electron chi connectivity index (χ2n) is 7.74. The molecule has 6 heteroatoms. The van der Waals surface area contributed by atoms with Gasteiger partial charge in [-0.25, -0.2) is 9.97 Å². The summed E-state index contributed by atoms with van der Waals surface area (Å²) in [5.41, 5.74) is 7.27. The average molecular weight is 388 g/mol. The topological polar surface area (TPSA) is 59.5 Å². The number of rotatable bonds is 4. The Morgan fingerprint density at radius 3 is 2.83 bits per heavy atom. The van der Waals surface area contributed by atoms with Crippen LogP contribution in [-0.4, -0.2) is 28.2 Å². The van der Waals surface area contributed by atoms with Gasteiger partial charge in [0.2, 0.25) is 12.7 Å². The number of hydrogen-bond acceptors (Lipinski definition) is 6. The molecule has 0 spiro atoms. The van der Waals surface area contributed by atoms with Crippen LogP contribution in [0.1, 0.15) is 27.9 Å². The summed E-state index contributed by atoms with van der Waals surface area (Å²) in [6.45, 7) is 7.44. The van der Waals surface area contributed by atoms with E-state index in [2.05, 4.69) is 47.2 Å². The van der Waals surface area contributed by atoms with Crippen LogP contribution in [0.3, 0.4) is 0 Å². The van der Waals surface area contributed by atoms with Gasteiger partial charge in [-0.15, -0.1) is 0 Å². The highest BCUT2D eigenvalue weighted by Gasteiger charge is 2.19. The highest BCUT2D eigenvalue weighted by atomic mass is 16.7. The van der Waals surface area contributed by atoms with Gasteiger partial charge in [0, 0.05) is 49.6 Å². The molecular weight excluding hydrogens is 364 g/mol. The van der Waals surface area contributed by atoms with Crippen LogP contribution in [0.25, 0.3) is 0 Å². The summed E-state index contributed by atoms with van der Waals surface area (Å²) in [5.74, 6) is 2.13. The molecule has 0 saturated heterocycles. The summed E-state index contributed by atoms with van der Waals surface area (Å²) < 4.78 is 10.8. The first-order valence-corrected chi connectivity index (χ1v) is 9.94. The highest BCUT2D eigenvalue weighted by molar-refractivity contribution is 5.60. The van der Waals surface area contributed by atoms with E-state index in [1.807, 2.05) is 24.4 Å². The van der Waals surface area contributed by atoms with Crippen molar-refractivity contribution in [2.75, 3.05) is 18.7 Å². The van der Waals surface area contributed by atoms with Crippen LogP contribution < -0.4 is 14.8 Å². The van der Waals surface area contributed by atoms with Crippen LogP contribution in [0.4, 0.5) is 11.6 Å². The maximum absolute atomic E-state index is 5.43. The highest BCUT2D eigenvalue weighted by Crippen LogP contribution is 2.34. The Bertz CT molecular complexity index is 1070. The van der Waals surface area contributed by atoms with Crippen LogP contribution in [0, 0.1) is 13.8 Å². The fourth-order valence-corrected chi connectivity index (χ4v) is 3.83. The van der Waals surface area contributed by atoms with E-state index in [0.717, 1.165) is 48.9 Å². The molecule has 148 valence electrons. The van der Waals surface area contributed by atoms with Crippen molar-refractivity contribution in [3.8, 4) is 11.5 Å². The van der Waals surface area contributed by atoms with E-state index in [4.69, 9.17) is 14.5 Å². The van der Waals surface area contributed by atoms with Gasteiger partial charge in [0.25, 0.3) is 0 Å². The third kappa shape index (κ3) is 3.76. The summed E-state index contributed by atoms with van der Waals surface area (Å²) in [4.78, 5) is 11.7. The van der Waals surface area contributed by atoms with E-state index in [-0.39, 0.29) is 6.79 Å². The van der Waals surface area contributed by atoms with Crippen molar-refractivity contribution >= 4 is 11.6 Å². The number of fused-ring (bicyclic) bond motifs is 2. The monoisotopic (exact) mass is 388 g/mol. The lowest BCUT2D eigenvalue weighted by Crippen LogP contribution is -2.31. The molecule has 2 aliphatic heterocycles. The zero-order valence-corrected chi connectivity index (χ0v) is 16.7. The molecule has 0 saturated carbocycles. The van der Waals surface area contributed by atoms with E-state index in [0.29, 0.717) is 5.95 Å². The van der Waals surface area contributed by atoms with Crippen molar-refractivity contribution in [2.45, 2.75) is 33.4 Å². The van der Waals surface area contributed by atoms with Gasteiger partial charge in [-0.05, 0) is 42.7 Å². The lowest BCUT2D eigenvalue weighted by molar-refractivity contribution is 0.174. The third-order valence-corrected chi connectivity index (χ3v) is 5.62. The Balaban J connectivity index is 1.27. The number of nitrogens with zero attached hydrogens (tertiary/aromatic N) is 3. The fourth-order valence-electron chi connectivity index (χ4n) is 3.83. The minimum Gasteiger partial charge on any atom is -0.454 e. The third-order valence-electron chi connectivity index (χ3n) is 5.62. The molecule has 2 aromatic carbocycles. The van der Waals surface area contributed by atoms with Gasteiger partial charge in [0.05, 0.1) is 5.69 Å². The second kappa shape index (κ2) is 7.37. The molecule has 3 aromatic rings. The lowest BCUT2D eigenvalue weighted by atomic mass is 10.0. The summed E-state index contributed by atoms with van der Waals surface area (Å²) in [6, 6.07) is 12.5. The number of aryl methyl sites for hydroxylation is 2. The zero-order chi connectivity index (χ0) is 19.8. The molecule has 6 nitrogen and oxygen atoms in total. The summed E-state index contributed by atoms with van der Waals surface area (Å²) in [7, 11) is 0. The molecule has 0 fully saturated rings. The molecule has 29 heavy (non-hydrogen) atoms. The predicted molar refractivity (Wildman–Crippen MR) is 112 cm³/mol. The fraction of sp³-hybridized carbons (Fsp3) is 0.304. The SMILES string of the molecule is Cc1ccc(CN2CCc3nc(Nc4ccc5c(c4)OCO5)ncc3C2)cc1C. The van der Waals surface area contributed by atoms with Crippen molar-refractivity contribution < 1.29 is 9.47 Å². The number of hydrogen-bond donors (Lipinski definition) is 1. The summed E-state index contributed by atoms with van der Waals surface area (Å²) in [5, 5.41) is 3.27. The van der Waals surface area contributed by atoms with Crippen LogP contribution >= 0.6 is 0 Å². The Labute approximate surface area is 170 Å². The normalized spacial score (nSPS) is 15.2. The smallest absolute Gasteiger partial charge is 0.231 e. The van der Waals surface area contributed by atoms with Crippen LogP contribution in [0.15, 0.2) is 42.6 Å². The van der Waals surface area contributed by atoms with Gasteiger partial charge in [0.1, 0.15) is 0 Å². The molecule has 1 N–H and O–H groups in total. The largest absolute Gasteiger partial charge is 0.454 e. The molecule has 0 unspecified atom stereocenters. The molecule has 1 aromatic heterocycles. The maximum Gasteiger partial charge on any atom is 0.231 e. The molecule has 0 radical (unpaired) electrons. The average Bonchev–Trinajstić information content (AvgIpc) is 3.19. The minimum absolute atomic E-state index is 0.271.